The van der Waals surface area contributed by atoms with Gasteiger partial charge >= 0.3 is 0 Å². The van der Waals surface area contributed by atoms with E-state index in [1.807, 2.05) is 38.2 Å². The second-order valence-electron chi connectivity index (χ2n) is 12.5. The summed E-state index contributed by atoms with van der Waals surface area (Å²) in [5.41, 5.74) is 18.4. The summed E-state index contributed by atoms with van der Waals surface area (Å²) >= 11 is 0. The van der Waals surface area contributed by atoms with Crippen molar-refractivity contribution in [2.24, 2.45) is 0 Å². The van der Waals surface area contributed by atoms with Crippen molar-refractivity contribution in [1.82, 2.24) is 0 Å². The Morgan fingerprint density at radius 1 is 0.872 bits per heavy atom. The molecule has 0 heterocycles. The van der Waals surface area contributed by atoms with Gasteiger partial charge in [0.2, 0.25) is 0 Å². The second kappa shape index (κ2) is 15.7. The van der Waals surface area contributed by atoms with E-state index in [9.17, 15) is 0 Å². The lowest BCUT2D eigenvalue weighted by Crippen LogP contribution is -2.16. The van der Waals surface area contributed by atoms with Gasteiger partial charge in [0, 0.05) is 11.3 Å². The molecule has 0 nitrogen and oxygen atoms in total. The maximum atomic E-state index is 4.29. The van der Waals surface area contributed by atoms with Gasteiger partial charge in [-0.05, 0) is 124 Å². The number of aryl methyl sites for hydroxylation is 1. The molecule has 0 spiro atoms. The maximum absolute atomic E-state index is 4.29. The first-order chi connectivity index (χ1) is 22.6. The Kier molecular flexibility index (Phi) is 12.3. The van der Waals surface area contributed by atoms with Gasteiger partial charge in [0.15, 0.2) is 0 Å². The van der Waals surface area contributed by atoms with Crippen molar-refractivity contribution in [1.29, 1.82) is 0 Å². The van der Waals surface area contributed by atoms with Crippen LogP contribution in [-0.2, 0) is 11.8 Å². The van der Waals surface area contributed by atoms with Gasteiger partial charge in [0.1, 0.15) is 0 Å². The monoisotopic (exact) mass is 618 g/mol. The molecule has 0 N–H and O–H groups in total. The maximum Gasteiger partial charge on any atom is 0.0159 e. The first-order valence-electron chi connectivity index (χ1n) is 16.8. The summed E-state index contributed by atoms with van der Waals surface area (Å²) in [6, 6.07) is 16.2. The fourth-order valence-corrected chi connectivity index (χ4v) is 7.09. The first kappa shape index (κ1) is 36.8. The zero-order valence-electron chi connectivity index (χ0n) is 30.2. The standard InChI is InChI=1S/C43H44.C2H6.C2H4/c1-11-16-29-17-18-30(23-28(29)8)31-19-20-33-25-34(22-21-32(33)24-31)38-26-40-42(37(14-4)36(38)13-3)41(35(12-2)27(6)7)39(15-5)43(40,9)10;2*1-2/h11-23,25-26,31H,2-5,24H2,1,6-10H3;1-2H3;1-2H2/b16-11-;;. The fraction of sp³-hybridized carbons (Fsp3) is 0.234. The van der Waals surface area contributed by atoms with Gasteiger partial charge in [-0.15, -0.1) is 13.2 Å². The van der Waals surface area contributed by atoms with Gasteiger partial charge < -0.3 is 0 Å². The average molecular weight is 619 g/mol. The molecule has 5 rings (SSSR count). The van der Waals surface area contributed by atoms with Crippen LogP contribution >= 0.6 is 0 Å². The van der Waals surface area contributed by atoms with E-state index in [1.54, 1.807) is 0 Å². The molecule has 2 aliphatic carbocycles. The van der Waals surface area contributed by atoms with Crippen LogP contribution in [0.25, 0.3) is 41.0 Å². The van der Waals surface area contributed by atoms with Crippen molar-refractivity contribution in [2.45, 2.75) is 73.1 Å². The van der Waals surface area contributed by atoms with E-state index in [4.69, 9.17) is 0 Å². The third-order valence-electron chi connectivity index (χ3n) is 9.37. The van der Waals surface area contributed by atoms with E-state index < -0.39 is 0 Å². The lowest BCUT2D eigenvalue weighted by Gasteiger charge is -2.25. The van der Waals surface area contributed by atoms with Crippen molar-refractivity contribution >= 4 is 29.9 Å². The topological polar surface area (TPSA) is 0 Å². The molecule has 1 atom stereocenters. The van der Waals surface area contributed by atoms with Crippen molar-refractivity contribution < 1.29 is 0 Å². The summed E-state index contributed by atoms with van der Waals surface area (Å²) in [7, 11) is 0. The zero-order chi connectivity index (χ0) is 35.1. The van der Waals surface area contributed by atoms with Gasteiger partial charge in [0.05, 0.1) is 0 Å². The Balaban J connectivity index is 0.00000144. The van der Waals surface area contributed by atoms with Gasteiger partial charge in [-0.25, -0.2) is 0 Å². The van der Waals surface area contributed by atoms with Crippen molar-refractivity contribution in [3.8, 4) is 11.1 Å². The number of hydrogen-bond donors (Lipinski definition) is 0. The van der Waals surface area contributed by atoms with Crippen LogP contribution in [0.5, 0.6) is 0 Å². The molecule has 0 radical (unpaired) electrons. The van der Waals surface area contributed by atoms with Gasteiger partial charge in [0.25, 0.3) is 0 Å². The van der Waals surface area contributed by atoms with Crippen LogP contribution in [0.15, 0.2) is 123 Å². The summed E-state index contributed by atoms with van der Waals surface area (Å²) in [6.07, 6.45) is 18.0. The van der Waals surface area contributed by atoms with Crippen molar-refractivity contribution in [3.05, 3.63) is 173 Å². The fourth-order valence-electron chi connectivity index (χ4n) is 7.09. The summed E-state index contributed by atoms with van der Waals surface area (Å²) in [5.74, 6) is 0.379. The second-order valence-corrected chi connectivity index (χ2v) is 12.5. The Hall–Kier alpha value is -4.68. The van der Waals surface area contributed by atoms with E-state index >= 15 is 0 Å². The Bertz CT molecular complexity index is 1820. The lowest BCUT2D eigenvalue weighted by molar-refractivity contribution is 0.654. The molecule has 0 aromatic heterocycles. The van der Waals surface area contributed by atoms with Crippen LogP contribution in [0, 0.1) is 6.92 Å². The number of hydrogen-bond acceptors (Lipinski definition) is 0. The largest absolute Gasteiger partial charge is 0.106 e. The Labute approximate surface area is 286 Å². The van der Waals surface area contributed by atoms with Crippen LogP contribution < -0.4 is 0 Å². The summed E-state index contributed by atoms with van der Waals surface area (Å²) in [5, 5.41) is 0. The molecule has 0 heteroatoms. The quantitative estimate of drug-likeness (QED) is 0.174. The molecule has 3 aromatic carbocycles. The molecule has 47 heavy (non-hydrogen) atoms. The third-order valence-corrected chi connectivity index (χ3v) is 9.37. The molecule has 0 saturated carbocycles. The summed E-state index contributed by atoms with van der Waals surface area (Å²) in [4.78, 5) is 0. The highest BCUT2D eigenvalue weighted by molar-refractivity contribution is 6.00. The lowest BCUT2D eigenvalue weighted by atomic mass is 9.78. The molecule has 0 bridgehead atoms. The van der Waals surface area contributed by atoms with E-state index in [2.05, 4.69) is 148 Å². The molecular formula is C47H54. The summed E-state index contributed by atoms with van der Waals surface area (Å²) in [6.45, 7) is 40.2. The minimum atomic E-state index is -0.218. The van der Waals surface area contributed by atoms with Crippen LogP contribution in [-0.4, -0.2) is 0 Å². The van der Waals surface area contributed by atoms with E-state index in [0.717, 1.165) is 23.1 Å². The molecule has 0 aliphatic heterocycles. The number of fused-ring (bicyclic) bond motifs is 2. The predicted octanol–water partition coefficient (Wildman–Crippen LogP) is 13.9. The van der Waals surface area contributed by atoms with Gasteiger partial charge in [-0.1, -0.05) is 139 Å². The summed E-state index contributed by atoms with van der Waals surface area (Å²) < 4.78 is 0. The zero-order valence-corrected chi connectivity index (χ0v) is 30.2. The highest BCUT2D eigenvalue weighted by Crippen LogP contribution is 2.53. The molecule has 2 aliphatic rings. The van der Waals surface area contributed by atoms with E-state index in [-0.39, 0.29) is 5.41 Å². The molecule has 1 unspecified atom stereocenters. The third kappa shape index (κ3) is 6.75. The van der Waals surface area contributed by atoms with Crippen LogP contribution in [0.3, 0.4) is 0 Å². The Morgan fingerprint density at radius 3 is 2.11 bits per heavy atom. The normalized spacial score (nSPS) is 15.4. The molecule has 242 valence electrons. The Morgan fingerprint density at radius 2 is 1.55 bits per heavy atom. The van der Waals surface area contributed by atoms with Crippen LogP contribution in [0.4, 0.5) is 0 Å². The number of allylic oxidation sites excluding steroid dienone is 8. The SMILES string of the molecule is C=C.C=CC(=C(C)C)C1=C(C=C)C(C)(C)c2cc(-c3ccc4c(c3)C=CC(c3ccc(/C=C\C)c(C)c3)C4)c(C=C)c(C=C)c21.CC. The molecule has 0 saturated heterocycles. The first-order valence-corrected chi connectivity index (χ1v) is 16.8. The van der Waals surface area contributed by atoms with Crippen LogP contribution in [0.1, 0.15) is 104 Å². The number of benzene rings is 3. The van der Waals surface area contributed by atoms with Crippen LogP contribution in [0.2, 0.25) is 0 Å². The molecule has 0 fully saturated rings. The highest BCUT2D eigenvalue weighted by Gasteiger charge is 2.39. The minimum absolute atomic E-state index is 0.218. The number of rotatable bonds is 8. The van der Waals surface area contributed by atoms with Crippen molar-refractivity contribution in [3.63, 3.8) is 0 Å². The van der Waals surface area contributed by atoms with Gasteiger partial charge in [-0.2, -0.15) is 0 Å². The van der Waals surface area contributed by atoms with Gasteiger partial charge in [-0.3, -0.25) is 0 Å². The smallest absolute Gasteiger partial charge is 0.0159 e. The van der Waals surface area contributed by atoms with Crippen molar-refractivity contribution in [2.75, 3.05) is 0 Å². The molecule has 0 amide bonds. The average Bonchev–Trinajstić information content (AvgIpc) is 3.31. The minimum Gasteiger partial charge on any atom is -0.106 e. The molecule has 3 aromatic rings. The van der Waals surface area contributed by atoms with E-state index in [0.29, 0.717) is 5.92 Å². The predicted molar refractivity (Wildman–Crippen MR) is 215 cm³/mol. The highest BCUT2D eigenvalue weighted by atomic mass is 14.4. The van der Waals surface area contributed by atoms with E-state index in [1.165, 1.54) is 66.8 Å². The molecular weight excluding hydrogens is 565 g/mol.